The standard InChI is InChI=1S/C28H27FN8O/c1-17(15-31-16-30-2)18-5-6-23-22(13-18)26(36-35-23)28-33-24-7-8-32-25(27(24)34-28)19-11-20(29)14-21(12-19)38-10-9-37(3)4/h5-8,11-16H,2,9-10H2,1,3-4H3,(H,33,34)(H,35,36)/b17-15+,31-16-. The zero-order chi connectivity index (χ0) is 26.6. The highest BCUT2D eigenvalue weighted by Crippen LogP contribution is 2.33. The molecular weight excluding hydrogens is 483 g/mol. The van der Waals surface area contributed by atoms with E-state index in [-0.39, 0.29) is 0 Å². The first-order valence-electron chi connectivity index (χ1n) is 12.0. The normalized spacial score (nSPS) is 12.3. The quantitative estimate of drug-likeness (QED) is 0.206. The van der Waals surface area contributed by atoms with Crippen LogP contribution in [0.25, 0.3) is 50.3 Å². The van der Waals surface area contributed by atoms with Gasteiger partial charge in [0.2, 0.25) is 0 Å². The molecule has 3 aromatic heterocycles. The number of aromatic amines is 2. The lowest BCUT2D eigenvalue weighted by molar-refractivity contribution is 0.260. The summed E-state index contributed by atoms with van der Waals surface area (Å²) >= 11 is 0. The Balaban J connectivity index is 1.54. The summed E-state index contributed by atoms with van der Waals surface area (Å²) in [6.07, 6.45) is 4.79. The van der Waals surface area contributed by atoms with Gasteiger partial charge in [0.1, 0.15) is 35.7 Å². The minimum atomic E-state index is -0.403. The third-order valence-electron chi connectivity index (χ3n) is 6.01. The van der Waals surface area contributed by atoms with Crippen molar-refractivity contribution in [1.82, 2.24) is 30.0 Å². The number of fused-ring (bicyclic) bond motifs is 2. The molecule has 0 amide bonds. The molecule has 2 aromatic carbocycles. The third-order valence-corrected chi connectivity index (χ3v) is 6.01. The number of hydrogen-bond acceptors (Lipinski definition) is 6. The summed E-state index contributed by atoms with van der Waals surface area (Å²) in [4.78, 5) is 22.4. The predicted octanol–water partition coefficient (Wildman–Crippen LogP) is 5.34. The number of likely N-dealkylation sites (N-methyl/N-ethyl adjacent to an activating group) is 1. The zero-order valence-corrected chi connectivity index (χ0v) is 21.4. The topological polar surface area (TPSA) is 107 Å². The molecule has 0 saturated heterocycles. The SMILES string of the molecule is C=N/C=N\C=C(/C)c1ccc2[nH]nc(-c3nc4c(-c5cc(F)cc(OCCN(C)C)c5)nccc4[nH]3)c2c1. The van der Waals surface area contributed by atoms with E-state index in [2.05, 4.69) is 36.9 Å². The molecule has 0 aliphatic carbocycles. The molecule has 0 bridgehead atoms. The molecule has 0 aliphatic rings. The molecular formula is C28H27FN8O. The van der Waals surface area contributed by atoms with Crippen LogP contribution >= 0.6 is 0 Å². The molecule has 192 valence electrons. The van der Waals surface area contributed by atoms with Crippen LogP contribution in [0.4, 0.5) is 4.39 Å². The van der Waals surface area contributed by atoms with Crippen molar-refractivity contribution >= 4 is 40.6 Å². The minimum Gasteiger partial charge on any atom is -0.492 e. The van der Waals surface area contributed by atoms with Gasteiger partial charge in [0.25, 0.3) is 0 Å². The van der Waals surface area contributed by atoms with Crippen LogP contribution in [0.5, 0.6) is 5.75 Å². The van der Waals surface area contributed by atoms with Gasteiger partial charge in [-0.2, -0.15) is 5.10 Å². The smallest absolute Gasteiger partial charge is 0.159 e. The molecule has 5 aromatic rings. The average Bonchev–Trinajstić information content (AvgIpc) is 3.51. The molecule has 2 N–H and O–H groups in total. The van der Waals surface area contributed by atoms with Crippen molar-refractivity contribution in [2.75, 3.05) is 27.2 Å². The molecule has 0 radical (unpaired) electrons. The Morgan fingerprint density at radius 2 is 2.00 bits per heavy atom. The summed E-state index contributed by atoms with van der Waals surface area (Å²) in [6.45, 7) is 6.53. The summed E-state index contributed by atoms with van der Waals surface area (Å²) < 4.78 is 20.3. The molecule has 0 aliphatic heterocycles. The molecule has 3 heterocycles. The first-order valence-corrected chi connectivity index (χ1v) is 12.0. The number of H-pyrrole nitrogens is 2. The maximum absolute atomic E-state index is 14.5. The molecule has 0 spiro atoms. The number of aromatic nitrogens is 5. The fourth-order valence-electron chi connectivity index (χ4n) is 4.09. The number of ether oxygens (including phenoxy) is 1. The van der Waals surface area contributed by atoms with E-state index in [9.17, 15) is 4.39 Å². The van der Waals surface area contributed by atoms with E-state index in [4.69, 9.17) is 9.72 Å². The van der Waals surface area contributed by atoms with E-state index >= 15 is 0 Å². The average molecular weight is 511 g/mol. The fourth-order valence-corrected chi connectivity index (χ4v) is 4.09. The number of halogens is 1. The number of benzene rings is 2. The van der Waals surface area contributed by atoms with E-state index in [0.29, 0.717) is 40.6 Å². The second-order valence-corrected chi connectivity index (χ2v) is 9.06. The maximum Gasteiger partial charge on any atom is 0.159 e. The van der Waals surface area contributed by atoms with Gasteiger partial charge in [0.15, 0.2) is 5.82 Å². The van der Waals surface area contributed by atoms with Crippen molar-refractivity contribution in [3.8, 4) is 28.5 Å². The summed E-state index contributed by atoms with van der Waals surface area (Å²) in [6, 6.07) is 12.4. The van der Waals surface area contributed by atoms with Gasteiger partial charge in [0, 0.05) is 36.0 Å². The molecule has 10 heteroatoms. The Hall–Kier alpha value is -4.70. The molecule has 0 fully saturated rings. The van der Waals surface area contributed by atoms with Gasteiger partial charge in [-0.3, -0.25) is 15.1 Å². The summed E-state index contributed by atoms with van der Waals surface area (Å²) in [7, 11) is 3.91. The number of imidazole rings is 1. The van der Waals surface area contributed by atoms with Crippen molar-refractivity contribution in [2.45, 2.75) is 6.92 Å². The number of nitrogens with one attached hydrogen (secondary N) is 2. The van der Waals surface area contributed by atoms with Gasteiger partial charge in [-0.1, -0.05) is 6.07 Å². The van der Waals surface area contributed by atoms with Crippen LogP contribution in [0.1, 0.15) is 12.5 Å². The van der Waals surface area contributed by atoms with Crippen LogP contribution in [-0.4, -0.2) is 70.4 Å². The van der Waals surface area contributed by atoms with E-state index in [1.165, 1.54) is 18.5 Å². The Morgan fingerprint density at radius 1 is 1.13 bits per heavy atom. The van der Waals surface area contributed by atoms with Gasteiger partial charge in [-0.15, -0.1) is 0 Å². The fraction of sp³-hybridized carbons (Fsp3) is 0.179. The first kappa shape index (κ1) is 25.0. The first-order chi connectivity index (χ1) is 18.4. The number of allylic oxidation sites excluding steroid dienone is 1. The number of pyridine rings is 1. The Bertz CT molecular complexity index is 1680. The largest absolute Gasteiger partial charge is 0.492 e. The lowest BCUT2D eigenvalue weighted by atomic mass is 10.1. The van der Waals surface area contributed by atoms with E-state index < -0.39 is 5.82 Å². The van der Waals surface area contributed by atoms with Gasteiger partial charge < -0.3 is 14.6 Å². The molecule has 0 unspecified atom stereocenters. The monoisotopic (exact) mass is 510 g/mol. The van der Waals surface area contributed by atoms with Gasteiger partial charge in [-0.25, -0.2) is 14.4 Å². The van der Waals surface area contributed by atoms with Gasteiger partial charge in [0.05, 0.1) is 16.7 Å². The summed E-state index contributed by atoms with van der Waals surface area (Å²) in [5.41, 5.74) is 6.00. The van der Waals surface area contributed by atoms with E-state index in [1.807, 2.05) is 50.2 Å². The van der Waals surface area contributed by atoms with Crippen LogP contribution in [0.2, 0.25) is 0 Å². The van der Waals surface area contributed by atoms with Crippen LogP contribution in [0.15, 0.2) is 64.8 Å². The summed E-state index contributed by atoms with van der Waals surface area (Å²) in [5, 5.41) is 8.49. The van der Waals surface area contributed by atoms with Crippen molar-refractivity contribution in [3.63, 3.8) is 0 Å². The molecule has 0 atom stereocenters. The minimum absolute atomic E-state index is 0.403. The van der Waals surface area contributed by atoms with Crippen LogP contribution in [0.3, 0.4) is 0 Å². The van der Waals surface area contributed by atoms with E-state index in [1.54, 1.807) is 18.5 Å². The van der Waals surface area contributed by atoms with Crippen molar-refractivity contribution in [1.29, 1.82) is 0 Å². The molecule has 5 rings (SSSR count). The number of nitrogens with zero attached hydrogens (tertiary/aromatic N) is 6. The van der Waals surface area contributed by atoms with Gasteiger partial charge >= 0.3 is 0 Å². The van der Waals surface area contributed by atoms with Crippen LogP contribution < -0.4 is 4.74 Å². The second-order valence-electron chi connectivity index (χ2n) is 9.06. The number of hydrogen-bond donors (Lipinski definition) is 2. The Morgan fingerprint density at radius 3 is 2.82 bits per heavy atom. The third kappa shape index (κ3) is 5.21. The van der Waals surface area contributed by atoms with Crippen molar-refractivity contribution in [2.24, 2.45) is 9.98 Å². The summed E-state index contributed by atoms with van der Waals surface area (Å²) in [5.74, 6) is 0.616. The van der Waals surface area contributed by atoms with Crippen molar-refractivity contribution < 1.29 is 9.13 Å². The van der Waals surface area contributed by atoms with Crippen LogP contribution in [-0.2, 0) is 0 Å². The number of rotatable bonds is 9. The highest BCUT2D eigenvalue weighted by atomic mass is 19.1. The second kappa shape index (κ2) is 10.7. The lowest BCUT2D eigenvalue weighted by Crippen LogP contribution is -2.19. The van der Waals surface area contributed by atoms with Crippen LogP contribution in [0, 0.1) is 5.82 Å². The predicted molar refractivity (Wildman–Crippen MR) is 150 cm³/mol. The highest BCUT2D eigenvalue weighted by Gasteiger charge is 2.17. The highest BCUT2D eigenvalue weighted by molar-refractivity contribution is 5.97. The van der Waals surface area contributed by atoms with Crippen molar-refractivity contribution in [3.05, 3.63) is 66.2 Å². The Labute approximate surface area is 218 Å². The zero-order valence-electron chi connectivity index (χ0n) is 21.4. The molecule has 38 heavy (non-hydrogen) atoms. The Kier molecular flexibility index (Phi) is 7.05. The lowest BCUT2D eigenvalue weighted by Gasteiger charge is -2.12. The van der Waals surface area contributed by atoms with E-state index in [0.717, 1.165) is 34.1 Å². The number of aliphatic imine (C=N–C) groups is 2. The van der Waals surface area contributed by atoms with Gasteiger partial charge in [-0.05, 0) is 69.2 Å². The maximum atomic E-state index is 14.5. The molecule has 0 saturated carbocycles. The molecule has 9 nitrogen and oxygen atoms in total.